The fraction of sp³-hybridized carbons (Fsp3) is 0.900. The summed E-state index contributed by atoms with van der Waals surface area (Å²) in [5.74, 6) is 0.910. The normalized spacial score (nSPS) is 18.4. The lowest BCUT2D eigenvalue weighted by Gasteiger charge is -2.16. The summed E-state index contributed by atoms with van der Waals surface area (Å²) < 4.78 is 0. The minimum Gasteiger partial charge on any atom is -0.393 e. The number of carbonyl (C=O) groups excluding carboxylic acids is 1. The Labute approximate surface area is 79.7 Å². The van der Waals surface area contributed by atoms with Crippen LogP contribution in [0.2, 0.25) is 0 Å². The van der Waals surface area contributed by atoms with Crippen molar-refractivity contribution in [1.29, 1.82) is 0 Å². The van der Waals surface area contributed by atoms with Gasteiger partial charge in [0.2, 0.25) is 5.91 Å². The van der Waals surface area contributed by atoms with Gasteiger partial charge in [0.15, 0.2) is 0 Å². The lowest BCUT2D eigenvalue weighted by molar-refractivity contribution is -0.130. The molecule has 1 unspecified atom stereocenters. The van der Waals surface area contributed by atoms with Gasteiger partial charge in [-0.3, -0.25) is 4.79 Å². The number of aliphatic hydroxyl groups excluding tert-OH is 1. The van der Waals surface area contributed by atoms with Crippen LogP contribution in [0.5, 0.6) is 0 Å². The van der Waals surface area contributed by atoms with Crippen LogP contribution in [-0.4, -0.2) is 35.6 Å². The van der Waals surface area contributed by atoms with Gasteiger partial charge in [-0.15, -0.1) is 0 Å². The van der Waals surface area contributed by atoms with Gasteiger partial charge in [0.1, 0.15) is 0 Å². The maximum atomic E-state index is 11.4. The third-order valence-electron chi connectivity index (χ3n) is 2.43. The Bertz CT molecular complexity index is 176. The number of aliphatic hydroxyl groups is 1. The first-order valence-electron chi connectivity index (χ1n) is 5.01. The number of hydrogen-bond donors (Lipinski definition) is 1. The number of nitrogens with zero attached hydrogens (tertiary/aromatic N) is 1. The molecule has 0 bridgehead atoms. The largest absolute Gasteiger partial charge is 0.393 e. The summed E-state index contributed by atoms with van der Waals surface area (Å²) in [5.41, 5.74) is 0. The van der Waals surface area contributed by atoms with E-state index in [1.54, 1.807) is 11.8 Å². The average Bonchev–Trinajstić information content (AvgIpc) is 2.83. The molecule has 1 N–H and O–H groups in total. The lowest BCUT2D eigenvalue weighted by Crippen LogP contribution is -2.29. The van der Waals surface area contributed by atoms with E-state index in [0.29, 0.717) is 12.8 Å². The standard InChI is InChI=1S/C10H19NO2/c1-8(12)3-6-10(13)11(2)7-9-4-5-9/h8-9,12H,3-7H2,1-2H3. The van der Waals surface area contributed by atoms with Gasteiger partial charge in [0.05, 0.1) is 6.10 Å². The highest BCUT2D eigenvalue weighted by Crippen LogP contribution is 2.29. The van der Waals surface area contributed by atoms with Gasteiger partial charge in [-0.2, -0.15) is 0 Å². The summed E-state index contributed by atoms with van der Waals surface area (Å²) in [6, 6.07) is 0. The van der Waals surface area contributed by atoms with E-state index in [1.807, 2.05) is 7.05 Å². The summed E-state index contributed by atoms with van der Waals surface area (Å²) in [7, 11) is 1.85. The summed E-state index contributed by atoms with van der Waals surface area (Å²) in [4.78, 5) is 13.2. The zero-order valence-corrected chi connectivity index (χ0v) is 8.49. The molecule has 0 saturated heterocycles. The summed E-state index contributed by atoms with van der Waals surface area (Å²) in [5, 5.41) is 9.01. The van der Waals surface area contributed by atoms with E-state index in [0.717, 1.165) is 12.5 Å². The molecule has 1 amide bonds. The molecule has 1 atom stereocenters. The maximum Gasteiger partial charge on any atom is 0.222 e. The number of hydrogen-bond acceptors (Lipinski definition) is 2. The highest BCUT2D eigenvalue weighted by atomic mass is 16.3. The SMILES string of the molecule is CC(O)CCC(=O)N(C)CC1CC1. The van der Waals surface area contributed by atoms with Crippen LogP contribution < -0.4 is 0 Å². The van der Waals surface area contributed by atoms with Gasteiger partial charge < -0.3 is 10.0 Å². The molecule has 13 heavy (non-hydrogen) atoms. The zero-order valence-electron chi connectivity index (χ0n) is 8.49. The van der Waals surface area contributed by atoms with Crippen molar-refractivity contribution in [3.05, 3.63) is 0 Å². The van der Waals surface area contributed by atoms with Crippen LogP contribution in [0.25, 0.3) is 0 Å². The smallest absolute Gasteiger partial charge is 0.222 e. The molecule has 1 rings (SSSR count). The van der Waals surface area contributed by atoms with Gasteiger partial charge in [0.25, 0.3) is 0 Å². The fourth-order valence-electron chi connectivity index (χ4n) is 1.31. The van der Waals surface area contributed by atoms with Crippen LogP contribution in [0, 0.1) is 5.92 Å². The molecule has 1 saturated carbocycles. The monoisotopic (exact) mass is 185 g/mol. The molecule has 0 spiro atoms. The second-order valence-electron chi connectivity index (χ2n) is 4.11. The third-order valence-corrected chi connectivity index (χ3v) is 2.43. The Balaban J connectivity index is 2.13. The number of rotatable bonds is 5. The van der Waals surface area contributed by atoms with Crippen molar-refractivity contribution < 1.29 is 9.90 Å². The maximum absolute atomic E-state index is 11.4. The molecule has 1 aliphatic carbocycles. The second kappa shape index (κ2) is 4.61. The Kier molecular flexibility index (Phi) is 3.72. The van der Waals surface area contributed by atoms with E-state index >= 15 is 0 Å². The third kappa shape index (κ3) is 4.27. The first-order valence-corrected chi connectivity index (χ1v) is 5.01. The lowest BCUT2D eigenvalue weighted by atomic mass is 10.2. The summed E-state index contributed by atoms with van der Waals surface area (Å²) >= 11 is 0. The van der Waals surface area contributed by atoms with Crippen molar-refractivity contribution in [2.45, 2.75) is 38.7 Å². The molecule has 0 radical (unpaired) electrons. The first kappa shape index (κ1) is 10.5. The fourth-order valence-corrected chi connectivity index (χ4v) is 1.31. The van der Waals surface area contributed by atoms with Gasteiger partial charge >= 0.3 is 0 Å². The summed E-state index contributed by atoms with van der Waals surface area (Å²) in [6.07, 6.45) is 3.23. The van der Waals surface area contributed by atoms with E-state index in [9.17, 15) is 4.79 Å². The Morgan fingerprint density at radius 2 is 2.23 bits per heavy atom. The minimum absolute atomic E-state index is 0.160. The van der Waals surface area contributed by atoms with E-state index in [2.05, 4.69) is 0 Å². The predicted molar refractivity (Wildman–Crippen MR) is 51.3 cm³/mol. The molecule has 0 aliphatic heterocycles. The number of amides is 1. The molecule has 0 aromatic heterocycles. The van der Waals surface area contributed by atoms with Crippen LogP contribution in [-0.2, 0) is 4.79 Å². The van der Waals surface area contributed by atoms with E-state index < -0.39 is 0 Å². The predicted octanol–water partition coefficient (Wildman–Crippen LogP) is 1.02. The first-order chi connectivity index (χ1) is 6.09. The molecular weight excluding hydrogens is 166 g/mol. The topological polar surface area (TPSA) is 40.5 Å². The van der Waals surface area contributed by atoms with Crippen LogP contribution in [0.15, 0.2) is 0 Å². The zero-order chi connectivity index (χ0) is 9.84. The van der Waals surface area contributed by atoms with Gasteiger partial charge in [-0.05, 0) is 32.1 Å². The molecule has 0 aromatic rings. The molecule has 1 fully saturated rings. The van der Waals surface area contributed by atoms with E-state index in [1.165, 1.54) is 12.8 Å². The molecule has 76 valence electrons. The van der Waals surface area contributed by atoms with Crippen molar-refractivity contribution >= 4 is 5.91 Å². The molecule has 1 aliphatic rings. The summed E-state index contributed by atoms with van der Waals surface area (Å²) in [6.45, 7) is 2.62. The van der Waals surface area contributed by atoms with Gasteiger partial charge in [-0.1, -0.05) is 0 Å². The van der Waals surface area contributed by atoms with Gasteiger partial charge in [-0.25, -0.2) is 0 Å². The molecule has 3 nitrogen and oxygen atoms in total. The highest BCUT2D eigenvalue weighted by Gasteiger charge is 2.24. The molecule has 0 heterocycles. The second-order valence-corrected chi connectivity index (χ2v) is 4.11. The quantitative estimate of drug-likeness (QED) is 0.694. The van der Waals surface area contributed by atoms with E-state index in [4.69, 9.17) is 5.11 Å². The molecule has 3 heteroatoms. The van der Waals surface area contributed by atoms with Crippen LogP contribution >= 0.6 is 0 Å². The van der Waals surface area contributed by atoms with Crippen LogP contribution in [0.1, 0.15) is 32.6 Å². The number of carbonyl (C=O) groups is 1. The highest BCUT2D eigenvalue weighted by molar-refractivity contribution is 5.75. The van der Waals surface area contributed by atoms with Crippen LogP contribution in [0.3, 0.4) is 0 Å². The minimum atomic E-state index is -0.363. The van der Waals surface area contributed by atoms with Crippen molar-refractivity contribution in [3.63, 3.8) is 0 Å². The van der Waals surface area contributed by atoms with Crippen molar-refractivity contribution in [2.75, 3.05) is 13.6 Å². The Hall–Kier alpha value is -0.570. The molecule has 0 aromatic carbocycles. The Morgan fingerprint density at radius 3 is 2.69 bits per heavy atom. The van der Waals surface area contributed by atoms with Crippen molar-refractivity contribution in [2.24, 2.45) is 5.92 Å². The van der Waals surface area contributed by atoms with Crippen molar-refractivity contribution in [1.82, 2.24) is 4.90 Å². The van der Waals surface area contributed by atoms with Crippen LogP contribution in [0.4, 0.5) is 0 Å². The molecular formula is C10H19NO2. The van der Waals surface area contributed by atoms with E-state index in [-0.39, 0.29) is 12.0 Å². The van der Waals surface area contributed by atoms with Gasteiger partial charge in [0, 0.05) is 20.0 Å². The Morgan fingerprint density at radius 1 is 1.62 bits per heavy atom. The van der Waals surface area contributed by atoms with Crippen molar-refractivity contribution in [3.8, 4) is 0 Å². The average molecular weight is 185 g/mol.